The Bertz CT molecular complexity index is 1050. The SMILES string of the molecule is COc1ccc(Oc2ccc(F)cc2C(=O)Nc2cc[nH]c(=O)c2)c(C)c1. The number of methoxy groups -OCH3 is 1. The van der Waals surface area contributed by atoms with Crippen LogP contribution in [-0.2, 0) is 0 Å². The number of amides is 1. The minimum atomic E-state index is -0.596. The van der Waals surface area contributed by atoms with E-state index in [1.165, 1.54) is 30.5 Å². The van der Waals surface area contributed by atoms with Gasteiger partial charge in [-0.2, -0.15) is 0 Å². The van der Waals surface area contributed by atoms with Gasteiger partial charge in [0, 0.05) is 18.0 Å². The van der Waals surface area contributed by atoms with Crippen LogP contribution in [0.4, 0.5) is 10.1 Å². The number of carbonyl (C=O) groups excluding carboxylic acids is 1. The molecule has 0 aliphatic carbocycles. The quantitative estimate of drug-likeness (QED) is 0.716. The molecule has 0 saturated carbocycles. The van der Waals surface area contributed by atoms with Gasteiger partial charge < -0.3 is 19.8 Å². The van der Waals surface area contributed by atoms with Crippen LogP contribution in [0.5, 0.6) is 17.2 Å². The summed E-state index contributed by atoms with van der Waals surface area (Å²) in [5.41, 5.74) is 0.724. The molecule has 138 valence electrons. The third kappa shape index (κ3) is 4.33. The zero-order chi connectivity index (χ0) is 19.4. The minimum absolute atomic E-state index is 0.00509. The number of hydrogen-bond donors (Lipinski definition) is 2. The monoisotopic (exact) mass is 368 g/mol. The fraction of sp³-hybridized carbons (Fsp3) is 0.100. The number of aromatic amines is 1. The fourth-order valence-electron chi connectivity index (χ4n) is 2.47. The molecule has 1 amide bonds. The van der Waals surface area contributed by atoms with Crippen molar-refractivity contribution in [2.24, 2.45) is 0 Å². The molecule has 3 aromatic rings. The smallest absolute Gasteiger partial charge is 0.259 e. The molecule has 0 fully saturated rings. The van der Waals surface area contributed by atoms with E-state index in [1.807, 2.05) is 6.92 Å². The molecule has 0 radical (unpaired) electrons. The summed E-state index contributed by atoms with van der Waals surface area (Å²) in [6.07, 6.45) is 1.40. The molecule has 0 spiro atoms. The van der Waals surface area contributed by atoms with Crippen molar-refractivity contribution in [2.45, 2.75) is 6.92 Å². The lowest BCUT2D eigenvalue weighted by atomic mass is 10.1. The van der Waals surface area contributed by atoms with Crippen molar-refractivity contribution in [3.8, 4) is 17.2 Å². The first-order valence-electron chi connectivity index (χ1n) is 8.08. The summed E-state index contributed by atoms with van der Waals surface area (Å²) >= 11 is 0. The van der Waals surface area contributed by atoms with E-state index in [0.717, 1.165) is 11.6 Å². The molecule has 27 heavy (non-hydrogen) atoms. The lowest BCUT2D eigenvalue weighted by molar-refractivity contribution is 0.102. The van der Waals surface area contributed by atoms with Gasteiger partial charge in [0.05, 0.1) is 12.7 Å². The van der Waals surface area contributed by atoms with E-state index in [9.17, 15) is 14.0 Å². The first kappa shape index (κ1) is 18.2. The molecule has 1 aromatic heterocycles. The molecule has 0 saturated heterocycles. The highest BCUT2D eigenvalue weighted by molar-refractivity contribution is 6.06. The van der Waals surface area contributed by atoms with Gasteiger partial charge in [-0.05, 0) is 55.0 Å². The van der Waals surface area contributed by atoms with E-state index >= 15 is 0 Å². The Morgan fingerprint density at radius 2 is 1.85 bits per heavy atom. The fourth-order valence-corrected chi connectivity index (χ4v) is 2.47. The van der Waals surface area contributed by atoms with Gasteiger partial charge in [0.1, 0.15) is 23.1 Å². The van der Waals surface area contributed by atoms with Crippen LogP contribution < -0.4 is 20.3 Å². The predicted molar refractivity (Wildman–Crippen MR) is 99.2 cm³/mol. The molecule has 2 aromatic carbocycles. The van der Waals surface area contributed by atoms with Gasteiger partial charge in [-0.3, -0.25) is 9.59 Å². The molecule has 2 N–H and O–H groups in total. The van der Waals surface area contributed by atoms with E-state index in [-0.39, 0.29) is 16.9 Å². The average molecular weight is 368 g/mol. The number of anilines is 1. The summed E-state index contributed by atoms with van der Waals surface area (Å²) in [4.78, 5) is 26.4. The zero-order valence-corrected chi connectivity index (χ0v) is 14.7. The van der Waals surface area contributed by atoms with Gasteiger partial charge in [0.15, 0.2) is 0 Å². The van der Waals surface area contributed by atoms with Gasteiger partial charge >= 0.3 is 0 Å². The molecule has 3 rings (SSSR count). The summed E-state index contributed by atoms with van der Waals surface area (Å²) in [5, 5.41) is 2.56. The Balaban J connectivity index is 1.91. The Hall–Kier alpha value is -3.61. The number of benzene rings is 2. The molecule has 7 heteroatoms. The molecule has 0 aliphatic rings. The topological polar surface area (TPSA) is 80.4 Å². The lowest BCUT2D eigenvalue weighted by Crippen LogP contribution is -2.15. The van der Waals surface area contributed by atoms with E-state index < -0.39 is 11.7 Å². The maximum Gasteiger partial charge on any atom is 0.259 e. The van der Waals surface area contributed by atoms with Crippen molar-refractivity contribution in [1.29, 1.82) is 0 Å². The Morgan fingerprint density at radius 1 is 1.07 bits per heavy atom. The number of rotatable bonds is 5. The van der Waals surface area contributed by atoms with Gasteiger partial charge in [-0.15, -0.1) is 0 Å². The number of aryl methyl sites for hydroxylation is 1. The third-order valence-corrected chi connectivity index (χ3v) is 3.82. The third-order valence-electron chi connectivity index (χ3n) is 3.82. The number of nitrogens with one attached hydrogen (secondary N) is 2. The second-order valence-corrected chi connectivity index (χ2v) is 5.77. The Labute approximate surface area is 154 Å². The molecule has 0 bridgehead atoms. The predicted octanol–water partition coefficient (Wildman–Crippen LogP) is 3.88. The molecule has 0 unspecified atom stereocenters. The maximum atomic E-state index is 13.7. The van der Waals surface area contributed by atoms with Crippen LogP contribution in [0, 0.1) is 12.7 Å². The average Bonchev–Trinajstić information content (AvgIpc) is 2.64. The largest absolute Gasteiger partial charge is 0.497 e. The number of ether oxygens (including phenoxy) is 2. The van der Waals surface area contributed by atoms with E-state index in [2.05, 4.69) is 10.3 Å². The maximum absolute atomic E-state index is 13.7. The number of halogens is 1. The van der Waals surface area contributed by atoms with Crippen LogP contribution in [-0.4, -0.2) is 18.0 Å². The number of pyridine rings is 1. The lowest BCUT2D eigenvalue weighted by Gasteiger charge is -2.14. The highest BCUT2D eigenvalue weighted by Gasteiger charge is 2.16. The van der Waals surface area contributed by atoms with Crippen LogP contribution in [0.3, 0.4) is 0 Å². The van der Waals surface area contributed by atoms with Crippen LogP contribution in [0.1, 0.15) is 15.9 Å². The summed E-state index contributed by atoms with van der Waals surface area (Å²) in [7, 11) is 1.56. The van der Waals surface area contributed by atoms with Crippen LogP contribution in [0.2, 0.25) is 0 Å². The number of H-pyrrole nitrogens is 1. The number of carbonyl (C=O) groups is 1. The first-order chi connectivity index (χ1) is 13.0. The van der Waals surface area contributed by atoms with Crippen molar-refractivity contribution < 1.29 is 18.7 Å². The van der Waals surface area contributed by atoms with Crippen molar-refractivity contribution in [1.82, 2.24) is 4.98 Å². The van der Waals surface area contributed by atoms with Crippen molar-refractivity contribution in [2.75, 3.05) is 12.4 Å². The first-order valence-corrected chi connectivity index (χ1v) is 8.08. The summed E-state index contributed by atoms with van der Waals surface area (Å²) in [6, 6.07) is 11.6. The summed E-state index contributed by atoms with van der Waals surface area (Å²) < 4.78 is 24.7. The molecule has 0 atom stereocenters. The second-order valence-electron chi connectivity index (χ2n) is 5.77. The molecule has 1 heterocycles. The van der Waals surface area contributed by atoms with Gasteiger partial charge in [0.2, 0.25) is 5.56 Å². The minimum Gasteiger partial charge on any atom is -0.497 e. The number of aromatic nitrogens is 1. The highest BCUT2D eigenvalue weighted by atomic mass is 19.1. The molecular weight excluding hydrogens is 351 g/mol. The second kappa shape index (κ2) is 7.74. The van der Waals surface area contributed by atoms with Crippen LogP contribution in [0.25, 0.3) is 0 Å². The van der Waals surface area contributed by atoms with Gasteiger partial charge in [-0.25, -0.2) is 4.39 Å². The normalized spacial score (nSPS) is 10.3. The standard InChI is InChI=1S/C20H17FN2O4/c1-12-9-15(26-2)4-6-17(12)27-18-5-3-13(21)10-16(18)20(25)23-14-7-8-22-19(24)11-14/h3-11H,1-2H3,(H2,22,23,24,25). The molecule has 0 aliphatic heterocycles. The van der Waals surface area contributed by atoms with E-state index in [0.29, 0.717) is 17.2 Å². The molecular formula is C20H17FN2O4. The highest BCUT2D eigenvalue weighted by Crippen LogP contribution is 2.31. The van der Waals surface area contributed by atoms with Crippen molar-refractivity contribution in [3.63, 3.8) is 0 Å². The molecule has 6 nitrogen and oxygen atoms in total. The Kier molecular flexibility index (Phi) is 5.21. The zero-order valence-electron chi connectivity index (χ0n) is 14.7. The van der Waals surface area contributed by atoms with E-state index in [4.69, 9.17) is 9.47 Å². The van der Waals surface area contributed by atoms with Crippen LogP contribution in [0.15, 0.2) is 59.5 Å². The van der Waals surface area contributed by atoms with Crippen molar-refractivity contribution in [3.05, 3.63) is 82.0 Å². The Morgan fingerprint density at radius 3 is 2.56 bits per heavy atom. The van der Waals surface area contributed by atoms with E-state index in [1.54, 1.807) is 25.3 Å². The summed E-state index contributed by atoms with van der Waals surface area (Å²) in [5.74, 6) is 0.192. The summed E-state index contributed by atoms with van der Waals surface area (Å²) in [6.45, 7) is 1.83. The van der Waals surface area contributed by atoms with Gasteiger partial charge in [-0.1, -0.05) is 0 Å². The number of hydrogen-bond acceptors (Lipinski definition) is 4. The van der Waals surface area contributed by atoms with Crippen molar-refractivity contribution >= 4 is 11.6 Å². The van der Waals surface area contributed by atoms with Gasteiger partial charge in [0.25, 0.3) is 5.91 Å². The van der Waals surface area contributed by atoms with Crippen LogP contribution >= 0.6 is 0 Å².